The second-order valence-corrected chi connectivity index (χ2v) is 10.8. The Balaban J connectivity index is 1.84. The zero-order valence-corrected chi connectivity index (χ0v) is 25.3. The highest BCUT2D eigenvalue weighted by Gasteiger charge is 2.28. The number of aliphatic hydroxyl groups excluding tert-OH is 1. The molecular weight excluding hydrogens is 554 g/mol. The number of carbonyl (C=O) groups excluding carboxylic acids is 2. The van der Waals surface area contributed by atoms with Crippen LogP contribution in [0.2, 0.25) is 0 Å². The average Bonchev–Trinajstić information content (AvgIpc) is 2.97. The molecule has 2 aromatic carbocycles. The normalized spacial score (nSPS) is 12.5. The van der Waals surface area contributed by atoms with Crippen LogP contribution >= 0.6 is 0 Å². The Hall–Kier alpha value is -3.89. The highest BCUT2D eigenvalue weighted by Crippen LogP contribution is 2.14. The summed E-state index contributed by atoms with van der Waals surface area (Å²) in [5.74, 6) is -2.64. The van der Waals surface area contributed by atoms with Gasteiger partial charge in [0.05, 0.1) is 17.7 Å². The summed E-state index contributed by atoms with van der Waals surface area (Å²) in [6.07, 6.45) is 1.12. The van der Waals surface area contributed by atoms with E-state index < -0.39 is 35.6 Å². The summed E-state index contributed by atoms with van der Waals surface area (Å²) in [5.41, 5.74) is 2.51. The first kappa shape index (κ1) is 33.6. The molecule has 1 aromatic heterocycles. The van der Waals surface area contributed by atoms with E-state index in [1.807, 2.05) is 32.0 Å². The van der Waals surface area contributed by atoms with Crippen LogP contribution in [0.3, 0.4) is 0 Å². The highest BCUT2D eigenvalue weighted by molar-refractivity contribution is 5.98. The minimum atomic E-state index is -1.13. The molecule has 1 heterocycles. The first-order valence-corrected chi connectivity index (χ1v) is 14.8. The van der Waals surface area contributed by atoms with Gasteiger partial charge in [-0.15, -0.1) is 0 Å². The number of pyridine rings is 1. The lowest BCUT2D eigenvalue weighted by Gasteiger charge is -2.25. The summed E-state index contributed by atoms with van der Waals surface area (Å²) in [7, 11) is 0. The van der Waals surface area contributed by atoms with Crippen molar-refractivity contribution >= 4 is 11.8 Å². The van der Waals surface area contributed by atoms with Crippen LogP contribution in [0.15, 0.2) is 54.6 Å². The summed E-state index contributed by atoms with van der Waals surface area (Å²) in [6, 6.07) is 12.8. The molecule has 0 spiro atoms. The van der Waals surface area contributed by atoms with Crippen LogP contribution in [-0.2, 0) is 19.4 Å². The fourth-order valence-electron chi connectivity index (χ4n) is 5.00. The number of hydrogen-bond donors (Lipinski definition) is 3. The van der Waals surface area contributed by atoms with Gasteiger partial charge < -0.3 is 25.8 Å². The second kappa shape index (κ2) is 16.1. The molecule has 0 radical (unpaired) electrons. The van der Waals surface area contributed by atoms with E-state index in [4.69, 9.17) is 0 Å². The van der Waals surface area contributed by atoms with Gasteiger partial charge in [0.25, 0.3) is 11.6 Å². The fraction of sp³-hybridized carbons (Fsp3) is 0.424. The lowest BCUT2D eigenvalue weighted by atomic mass is 9.99. The van der Waals surface area contributed by atoms with Crippen LogP contribution in [0, 0.1) is 23.8 Å². The summed E-state index contributed by atoms with van der Waals surface area (Å²) in [6.45, 7) is 8.93. The van der Waals surface area contributed by atoms with Crippen molar-refractivity contribution in [3.8, 4) is 0 Å². The van der Waals surface area contributed by atoms with Crippen LogP contribution < -0.4 is 15.4 Å². The topological polar surface area (TPSA) is 109 Å². The number of halogens is 2. The van der Waals surface area contributed by atoms with Gasteiger partial charge in [0.2, 0.25) is 0 Å². The lowest BCUT2D eigenvalue weighted by molar-refractivity contribution is -0.614. The Labute approximate surface area is 252 Å². The molecule has 0 saturated heterocycles. The van der Waals surface area contributed by atoms with Gasteiger partial charge in [-0.25, -0.2) is 8.78 Å². The number of aromatic nitrogens is 1. The second-order valence-electron chi connectivity index (χ2n) is 10.8. The third-order valence-corrected chi connectivity index (χ3v) is 7.19. The van der Waals surface area contributed by atoms with E-state index in [0.29, 0.717) is 37.2 Å². The molecule has 0 fully saturated rings. The van der Waals surface area contributed by atoms with Crippen molar-refractivity contribution in [3.05, 3.63) is 105 Å². The van der Waals surface area contributed by atoms with Crippen LogP contribution in [0.1, 0.15) is 76.8 Å². The molecule has 0 aliphatic rings. The Morgan fingerprint density at radius 2 is 1.60 bits per heavy atom. The minimum Gasteiger partial charge on any atom is -0.618 e. The molecule has 3 N–H and O–H groups in total. The maximum Gasteiger partial charge on any atom is 0.320 e. The number of aryl methyl sites for hydroxylation is 2. The largest absolute Gasteiger partial charge is 0.618 e. The van der Waals surface area contributed by atoms with Crippen LogP contribution in [0.4, 0.5) is 8.78 Å². The van der Waals surface area contributed by atoms with E-state index in [9.17, 15) is 28.7 Å². The van der Waals surface area contributed by atoms with E-state index in [1.165, 1.54) is 24.6 Å². The molecule has 3 aromatic rings. The van der Waals surface area contributed by atoms with E-state index in [-0.39, 0.29) is 35.5 Å². The quantitative estimate of drug-likeness (QED) is 0.180. The van der Waals surface area contributed by atoms with Gasteiger partial charge in [0, 0.05) is 51.3 Å². The number of nitrogens with zero attached hydrogens (tertiary/aromatic N) is 2. The molecule has 2 amide bonds. The molecule has 43 heavy (non-hydrogen) atoms. The predicted molar refractivity (Wildman–Crippen MR) is 161 cm³/mol. The van der Waals surface area contributed by atoms with Crippen molar-refractivity contribution < 1.29 is 28.2 Å². The van der Waals surface area contributed by atoms with Gasteiger partial charge in [-0.1, -0.05) is 45.0 Å². The van der Waals surface area contributed by atoms with Gasteiger partial charge in [0.1, 0.15) is 11.6 Å². The van der Waals surface area contributed by atoms with Crippen molar-refractivity contribution in [2.75, 3.05) is 19.6 Å². The molecule has 0 aliphatic heterocycles. The Bertz CT molecular complexity index is 1380. The number of hydrogen-bond acceptors (Lipinski definition) is 5. The van der Waals surface area contributed by atoms with Gasteiger partial charge >= 0.3 is 5.91 Å². The standard InChI is InChI=1S/C33H42F2N4O4/c1-5-11-38(12-6-2)33(42)30-18-26(13-22(4)39(30)43)32(41)37-29(17-25-15-27(34)19-28(35)16-25)31(40)21-36-20-24-10-8-9-23(7-3)14-24/h8-10,13-16,18-19,29,31,36,40H,5-7,11-12,17,20-21H2,1-4H3,(H,37,41)/t29-,31+/m0/s1. The molecule has 0 unspecified atom stereocenters. The number of aliphatic hydroxyl groups is 1. The monoisotopic (exact) mass is 596 g/mol. The van der Waals surface area contributed by atoms with Gasteiger partial charge in [0.15, 0.2) is 5.69 Å². The lowest BCUT2D eigenvalue weighted by Crippen LogP contribution is -2.49. The van der Waals surface area contributed by atoms with Crippen molar-refractivity contribution in [1.82, 2.24) is 15.5 Å². The van der Waals surface area contributed by atoms with Gasteiger partial charge in [-0.05, 0) is 54.5 Å². The van der Waals surface area contributed by atoms with E-state index in [1.54, 1.807) is 4.90 Å². The number of benzene rings is 2. The van der Waals surface area contributed by atoms with Crippen molar-refractivity contribution in [3.63, 3.8) is 0 Å². The van der Waals surface area contributed by atoms with Crippen LogP contribution in [0.25, 0.3) is 0 Å². The van der Waals surface area contributed by atoms with Crippen molar-refractivity contribution in [1.29, 1.82) is 0 Å². The third-order valence-electron chi connectivity index (χ3n) is 7.19. The number of amides is 2. The third kappa shape index (κ3) is 9.56. The Kier molecular flexibility index (Phi) is 12.6. The number of nitrogens with one attached hydrogen (secondary N) is 2. The summed E-state index contributed by atoms with van der Waals surface area (Å²) in [4.78, 5) is 28.3. The zero-order valence-electron chi connectivity index (χ0n) is 25.3. The molecule has 10 heteroatoms. The van der Waals surface area contributed by atoms with Crippen molar-refractivity contribution in [2.45, 2.75) is 72.1 Å². The summed E-state index contributed by atoms with van der Waals surface area (Å²) in [5, 5.41) is 29.9. The van der Waals surface area contributed by atoms with Gasteiger partial charge in [-0.2, -0.15) is 4.73 Å². The molecule has 0 saturated carbocycles. The first-order valence-electron chi connectivity index (χ1n) is 14.8. The van der Waals surface area contributed by atoms with E-state index >= 15 is 0 Å². The smallest absolute Gasteiger partial charge is 0.320 e. The Morgan fingerprint density at radius 3 is 2.23 bits per heavy atom. The number of carbonyl (C=O) groups is 2. The van der Waals surface area contributed by atoms with Crippen LogP contribution in [0.5, 0.6) is 0 Å². The predicted octanol–water partition coefficient (Wildman–Crippen LogP) is 4.22. The molecular formula is C33H42F2N4O4. The van der Waals surface area contributed by atoms with E-state index in [0.717, 1.165) is 30.2 Å². The highest BCUT2D eigenvalue weighted by atomic mass is 19.1. The SMILES string of the molecule is CCCN(CCC)C(=O)c1cc(C(=O)N[C@@H](Cc2cc(F)cc(F)c2)[C@H](O)CNCc2cccc(CC)c2)cc(C)[n+]1[O-]. The summed E-state index contributed by atoms with van der Waals surface area (Å²) >= 11 is 0. The minimum absolute atomic E-state index is 0.0610. The average molecular weight is 597 g/mol. The molecule has 8 nitrogen and oxygen atoms in total. The van der Waals surface area contributed by atoms with Crippen LogP contribution in [-0.4, -0.2) is 53.6 Å². The first-order chi connectivity index (χ1) is 20.6. The van der Waals surface area contributed by atoms with Gasteiger partial charge in [-0.3, -0.25) is 9.59 Å². The summed E-state index contributed by atoms with van der Waals surface area (Å²) < 4.78 is 28.4. The molecule has 0 aliphatic carbocycles. The maximum atomic E-state index is 14.0. The molecule has 232 valence electrons. The fourth-order valence-corrected chi connectivity index (χ4v) is 5.00. The Morgan fingerprint density at radius 1 is 0.953 bits per heavy atom. The maximum absolute atomic E-state index is 14.0. The zero-order chi connectivity index (χ0) is 31.5. The molecule has 2 atom stereocenters. The molecule has 3 rings (SSSR count). The van der Waals surface area contributed by atoms with E-state index in [2.05, 4.69) is 23.6 Å². The van der Waals surface area contributed by atoms with Crippen molar-refractivity contribution in [2.24, 2.45) is 0 Å². The number of rotatable bonds is 15. The molecule has 0 bridgehead atoms.